The zero-order valence-corrected chi connectivity index (χ0v) is 26.2. The highest BCUT2D eigenvalue weighted by Crippen LogP contribution is 2.15. The molecule has 0 aliphatic rings. The number of carbonyl (C=O) groups excluding carboxylic acids is 2. The molecule has 1 N–H and O–H groups in total. The molecule has 5 nitrogen and oxygen atoms in total. The first-order valence-electron chi connectivity index (χ1n) is 17.1. The normalized spacial score (nSPS) is 12.0. The number of carbonyl (C=O) groups is 2. The molecule has 0 spiro atoms. The van der Waals surface area contributed by atoms with E-state index in [1.165, 1.54) is 128 Å². The second-order valence-electron chi connectivity index (χ2n) is 11.6. The number of unbranched alkanes of at least 4 members (excludes halogenated alkanes) is 23. The molecule has 0 saturated heterocycles. The van der Waals surface area contributed by atoms with Gasteiger partial charge in [0.05, 0.1) is 6.61 Å². The molecule has 5 heteroatoms. The van der Waals surface area contributed by atoms with Crippen LogP contribution in [0.15, 0.2) is 0 Å². The van der Waals surface area contributed by atoms with Crippen molar-refractivity contribution in [1.29, 1.82) is 0 Å². The van der Waals surface area contributed by atoms with Gasteiger partial charge in [0.1, 0.15) is 6.61 Å². The first kappa shape index (κ1) is 37.9. The van der Waals surface area contributed by atoms with Crippen LogP contribution in [0.4, 0.5) is 0 Å². The molecule has 0 saturated carbocycles. The van der Waals surface area contributed by atoms with Crippen LogP contribution in [0.25, 0.3) is 0 Å². The Morgan fingerprint density at radius 3 is 1.13 bits per heavy atom. The Kier molecular flexibility index (Phi) is 30.5. The fourth-order valence-corrected chi connectivity index (χ4v) is 5.02. The molecule has 0 aromatic carbocycles. The molecular weight excluding hydrogens is 488 g/mol. The fraction of sp³-hybridized carbons (Fsp3) is 0.941. The molecule has 1 atom stereocenters. The van der Waals surface area contributed by atoms with Crippen LogP contribution in [0, 0.1) is 0 Å². The maximum absolute atomic E-state index is 12.0. The third kappa shape index (κ3) is 29.7. The molecule has 0 aliphatic heterocycles. The van der Waals surface area contributed by atoms with Crippen molar-refractivity contribution < 1.29 is 24.2 Å². The van der Waals surface area contributed by atoms with Crippen molar-refractivity contribution in [3.8, 4) is 0 Å². The molecule has 39 heavy (non-hydrogen) atoms. The zero-order valence-electron chi connectivity index (χ0n) is 26.2. The van der Waals surface area contributed by atoms with E-state index in [-0.39, 0.29) is 25.2 Å². The van der Waals surface area contributed by atoms with Crippen LogP contribution in [0.5, 0.6) is 0 Å². The Labute approximate surface area is 242 Å². The Bertz CT molecular complexity index is 522. The summed E-state index contributed by atoms with van der Waals surface area (Å²) in [5, 5.41) is 9.46. The molecule has 0 aromatic rings. The maximum Gasteiger partial charge on any atom is 0.306 e. The average Bonchev–Trinajstić information content (AvgIpc) is 2.94. The van der Waals surface area contributed by atoms with Gasteiger partial charge in [-0.1, -0.05) is 162 Å². The number of ether oxygens (including phenoxy) is 2. The van der Waals surface area contributed by atoms with Gasteiger partial charge in [0.15, 0.2) is 6.10 Å². The van der Waals surface area contributed by atoms with Crippen molar-refractivity contribution >= 4 is 11.9 Å². The lowest BCUT2D eigenvalue weighted by Gasteiger charge is -2.15. The SMILES string of the molecule is CCCCCCCCCCCCCCCCCCCC(=O)OC[C@H](CO)OC(=O)CCCCCCCCCC. The number of aliphatic hydroxyl groups is 1. The maximum atomic E-state index is 12.0. The first-order chi connectivity index (χ1) is 19.1. The minimum atomic E-state index is -0.758. The van der Waals surface area contributed by atoms with E-state index in [2.05, 4.69) is 13.8 Å². The second kappa shape index (κ2) is 31.4. The summed E-state index contributed by atoms with van der Waals surface area (Å²) in [6.07, 6.45) is 31.7. The lowest BCUT2D eigenvalue weighted by atomic mass is 10.0. The number of aliphatic hydroxyl groups excluding tert-OH is 1. The molecule has 0 unspecified atom stereocenters. The van der Waals surface area contributed by atoms with Crippen molar-refractivity contribution in [3.05, 3.63) is 0 Å². The van der Waals surface area contributed by atoms with Gasteiger partial charge in [0.25, 0.3) is 0 Å². The Hall–Kier alpha value is -1.10. The highest BCUT2D eigenvalue weighted by molar-refractivity contribution is 5.70. The van der Waals surface area contributed by atoms with E-state index >= 15 is 0 Å². The van der Waals surface area contributed by atoms with Crippen LogP contribution in [-0.4, -0.2) is 36.4 Å². The summed E-state index contributed by atoms with van der Waals surface area (Å²) >= 11 is 0. The summed E-state index contributed by atoms with van der Waals surface area (Å²) in [7, 11) is 0. The molecular formula is C34H66O5. The molecule has 0 amide bonds. The van der Waals surface area contributed by atoms with Crippen LogP contribution < -0.4 is 0 Å². The largest absolute Gasteiger partial charge is 0.462 e. The molecule has 232 valence electrons. The van der Waals surface area contributed by atoms with Crippen molar-refractivity contribution in [2.45, 2.75) is 193 Å². The Morgan fingerprint density at radius 1 is 0.487 bits per heavy atom. The van der Waals surface area contributed by atoms with Gasteiger partial charge in [-0.15, -0.1) is 0 Å². The summed E-state index contributed by atoms with van der Waals surface area (Å²) < 4.78 is 10.5. The number of rotatable bonds is 31. The lowest BCUT2D eigenvalue weighted by Crippen LogP contribution is -2.28. The van der Waals surface area contributed by atoms with Crippen LogP contribution in [0.1, 0.15) is 187 Å². The first-order valence-corrected chi connectivity index (χ1v) is 17.1. The van der Waals surface area contributed by atoms with Gasteiger partial charge in [-0.05, 0) is 12.8 Å². The number of esters is 2. The minimum Gasteiger partial charge on any atom is -0.462 e. The third-order valence-corrected chi connectivity index (χ3v) is 7.65. The molecule has 0 aliphatic carbocycles. The molecule has 0 fully saturated rings. The standard InChI is InChI=1S/C34H66O5/c1-3-5-7-9-11-13-14-15-16-17-18-19-20-21-23-24-26-28-33(36)38-31-32(30-35)39-34(37)29-27-25-22-12-10-8-6-4-2/h32,35H,3-31H2,1-2H3/t32-/m0/s1. The van der Waals surface area contributed by atoms with Gasteiger partial charge in [0, 0.05) is 12.8 Å². The quantitative estimate of drug-likeness (QED) is 0.0681. The van der Waals surface area contributed by atoms with Gasteiger partial charge in [0.2, 0.25) is 0 Å². The van der Waals surface area contributed by atoms with Crippen molar-refractivity contribution in [2.75, 3.05) is 13.2 Å². The van der Waals surface area contributed by atoms with Gasteiger partial charge >= 0.3 is 11.9 Å². The van der Waals surface area contributed by atoms with Crippen molar-refractivity contribution in [3.63, 3.8) is 0 Å². The van der Waals surface area contributed by atoms with Crippen molar-refractivity contribution in [2.24, 2.45) is 0 Å². The highest BCUT2D eigenvalue weighted by Gasteiger charge is 2.16. The van der Waals surface area contributed by atoms with Gasteiger partial charge < -0.3 is 14.6 Å². The van der Waals surface area contributed by atoms with Crippen LogP contribution in [-0.2, 0) is 19.1 Å². The van der Waals surface area contributed by atoms with Crippen molar-refractivity contribution in [1.82, 2.24) is 0 Å². The fourth-order valence-electron chi connectivity index (χ4n) is 5.02. The average molecular weight is 555 g/mol. The van der Waals surface area contributed by atoms with Gasteiger partial charge in [-0.3, -0.25) is 9.59 Å². The van der Waals surface area contributed by atoms with E-state index in [0.717, 1.165) is 32.1 Å². The minimum absolute atomic E-state index is 0.0581. The molecule has 0 heterocycles. The van der Waals surface area contributed by atoms with E-state index in [4.69, 9.17) is 9.47 Å². The topological polar surface area (TPSA) is 72.8 Å². The van der Waals surface area contributed by atoms with Crippen LogP contribution >= 0.6 is 0 Å². The molecule has 0 radical (unpaired) electrons. The predicted octanol–water partition coefficient (Wildman–Crippen LogP) is 10.0. The van der Waals surface area contributed by atoms with E-state index in [1.807, 2.05) is 0 Å². The van der Waals surface area contributed by atoms with E-state index in [9.17, 15) is 14.7 Å². The van der Waals surface area contributed by atoms with E-state index in [0.29, 0.717) is 12.8 Å². The summed E-state index contributed by atoms with van der Waals surface area (Å²) in [5.41, 5.74) is 0. The number of hydrogen-bond acceptors (Lipinski definition) is 5. The number of hydrogen-bond donors (Lipinski definition) is 1. The van der Waals surface area contributed by atoms with E-state index < -0.39 is 6.10 Å². The van der Waals surface area contributed by atoms with Crippen LogP contribution in [0.3, 0.4) is 0 Å². The monoisotopic (exact) mass is 554 g/mol. The summed E-state index contributed by atoms with van der Waals surface area (Å²) in [6.45, 7) is 4.11. The summed E-state index contributed by atoms with van der Waals surface area (Å²) in [6, 6.07) is 0. The summed E-state index contributed by atoms with van der Waals surface area (Å²) in [4.78, 5) is 24.0. The molecule has 0 bridgehead atoms. The molecule has 0 rings (SSSR count). The van der Waals surface area contributed by atoms with Crippen LogP contribution in [0.2, 0.25) is 0 Å². The van der Waals surface area contributed by atoms with E-state index in [1.54, 1.807) is 0 Å². The smallest absolute Gasteiger partial charge is 0.306 e. The van der Waals surface area contributed by atoms with Gasteiger partial charge in [-0.2, -0.15) is 0 Å². The Balaban J connectivity index is 3.48. The highest BCUT2D eigenvalue weighted by atomic mass is 16.6. The molecule has 0 aromatic heterocycles. The Morgan fingerprint density at radius 2 is 0.795 bits per heavy atom. The van der Waals surface area contributed by atoms with Gasteiger partial charge in [-0.25, -0.2) is 0 Å². The zero-order chi connectivity index (χ0) is 28.7. The predicted molar refractivity (Wildman–Crippen MR) is 164 cm³/mol. The third-order valence-electron chi connectivity index (χ3n) is 7.65. The second-order valence-corrected chi connectivity index (χ2v) is 11.6. The summed E-state index contributed by atoms with van der Waals surface area (Å²) in [5.74, 6) is -0.585. The lowest BCUT2D eigenvalue weighted by molar-refractivity contribution is -0.161.